The van der Waals surface area contributed by atoms with E-state index in [1.54, 1.807) is 12.1 Å². The molecule has 0 saturated heterocycles. The Hall–Kier alpha value is -1.84. The number of Topliss-reactive ketones (excluding diaryl/α,β-unsaturated/α-hetero) is 2. The molecule has 0 heterocycles. The van der Waals surface area contributed by atoms with Crippen LogP contribution in [0.1, 0.15) is 29.3 Å². The second-order valence-electron chi connectivity index (χ2n) is 3.85. The molecule has 0 bridgehead atoms. The molecule has 92 valence electrons. The number of methoxy groups -OCH3 is 2. The second-order valence-corrected chi connectivity index (χ2v) is 3.85. The molecule has 0 saturated carbocycles. The predicted octanol–water partition coefficient (Wildman–Crippen LogP) is 2.17. The third-order valence-corrected chi connectivity index (χ3v) is 2.34. The Morgan fingerprint density at radius 2 is 1.59 bits per heavy atom. The molecule has 0 radical (unpaired) electrons. The van der Waals surface area contributed by atoms with Gasteiger partial charge in [-0.05, 0) is 31.5 Å². The SMILES string of the molecule is COc1cc(C)cc(OC)c1C(=O)CC(C)=O. The van der Waals surface area contributed by atoms with Crippen LogP contribution in [0.4, 0.5) is 0 Å². The normalized spacial score (nSPS) is 9.88. The van der Waals surface area contributed by atoms with E-state index in [0.29, 0.717) is 17.1 Å². The topological polar surface area (TPSA) is 52.6 Å². The maximum atomic E-state index is 11.9. The first-order chi connectivity index (χ1) is 7.99. The van der Waals surface area contributed by atoms with Crippen LogP contribution in [0.15, 0.2) is 12.1 Å². The number of hydrogen-bond donors (Lipinski definition) is 0. The van der Waals surface area contributed by atoms with Crippen LogP contribution in [0.2, 0.25) is 0 Å². The molecule has 0 unspecified atom stereocenters. The van der Waals surface area contributed by atoms with Gasteiger partial charge < -0.3 is 9.47 Å². The van der Waals surface area contributed by atoms with Crippen LogP contribution in [0.5, 0.6) is 11.5 Å². The van der Waals surface area contributed by atoms with Crippen molar-refractivity contribution in [2.75, 3.05) is 14.2 Å². The quantitative estimate of drug-likeness (QED) is 0.580. The maximum Gasteiger partial charge on any atom is 0.177 e. The zero-order valence-corrected chi connectivity index (χ0v) is 10.5. The minimum Gasteiger partial charge on any atom is -0.496 e. The van der Waals surface area contributed by atoms with Crippen LogP contribution >= 0.6 is 0 Å². The van der Waals surface area contributed by atoms with Crippen LogP contribution in [-0.4, -0.2) is 25.8 Å². The molecule has 1 aromatic carbocycles. The number of ether oxygens (including phenoxy) is 2. The summed E-state index contributed by atoms with van der Waals surface area (Å²) in [7, 11) is 2.97. The third kappa shape index (κ3) is 3.06. The van der Waals surface area contributed by atoms with Crippen molar-refractivity contribution in [2.45, 2.75) is 20.3 Å². The summed E-state index contributed by atoms with van der Waals surface area (Å²) in [6.07, 6.45) is -0.143. The Balaban J connectivity index is 3.28. The monoisotopic (exact) mass is 236 g/mol. The summed E-state index contributed by atoms with van der Waals surface area (Å²) >= 11 is 0. The van der Waals surface area contributed by atoms with Crippen molar-refractivity contribution in [2.24, 2.45) is 0 Å². The number of carbonyl (C=O) groups excluding carboxylic acids is 2. The Bertz CT molecular complexity index is 424. The standard InChI is InChI=1S/C13H16O4/c1-8-5-11(16-3)13(12(6-8)17-4)10(15)7-9(2)14/h5-6H,7H2,1-4H3. The molecule has 0 N–H and O–H groups in total. The molecule has 0 aliphatic carbocycles. The first kappa shape index (κ1) is 13.2. The molecule has 0 atom stereocenters. The fourth-order valence-electron chi connectivity index (χ4n) is 1.63. The summed E-state index contributed by atoms with van der Waals surface area (Å²) in [5.41, 5.74) is 1.26. The van der Waals surface area contributed by atoms with Crippen molar-refractivity contribution in [3.05, 3.63) is 23.3 Å². The highest BCUT2D eigenvalue weighted by Crippen LogP contribution is 2.31. The predicted molar refractivity (Wildman–Crippen MR) is 63.9 cm³/mol. The minimum atomic E-state index is -0.286. The molecule has 0 fully saturated rings. The number of aryl methyl sites for hydroxylation is 1. The molecule has 0 aromatic heterocycles. The third-order valence-electron chi connectivity index (χ3n) is 2.34. The van der Waals surface area contributed by atoms with Crippen molar-refractivity contribution < 1.29 is 19.1 Å². The zero-order chi connectivity index (χ0) is 13.0. The molecule has 0 aliphatic rings. The number of rotatable bonds is 5. The molecule has 0 aliphatic heterocycles. The van der Waals surface area contributed by atoms with E-state index < -0.39 is 0 Å². The number of benzene rings is 1. The van der Waals surface area contributed by atoms with Crippen molar-refractivity contribution in [3.63, 3.8) is 0 Å². The summed E-state index contributed by atoms with van der Waals surface area (Å²) < 4.78 is 10.3. The van der Waals surface area contributed by atoms with Crippen molar-refractivity contribution in [3.8, 4) is 11.5 Å². The zero-order valence-electron chi connectivity index (χ0n) is 10.5. The second kappa shape index (κ2) is 5.48. The van der Waals surface area contributed by atoms with Gasteiger partial charge in [0.15, 0.2) is 5.78 Å². The van der Waals surface area contributed by atoms with E-state index >= 15 is 0 Å². The summed E-state index contributed by atoms with van der Waals surface area (Å²) in [6.45, 7) is 3.26. The molecular formula is C13H16O4. The molecule has 0 spiro atoms. The lowest BCUT2D eigenvalue weighted by atomic mass is 10.0. The first-order valence-corrected chi connectivity index (χ1v) is 5.24. The molecule has 4 nitrogen and oxygen atoms in total. The van der Waals surface area contributed by atoms with Crippen LogP contribution in [0.25, 0.3) is 0 Å². The number of hydrogen-bond acceptors (Lipinski definition) is 4. The van der Waals surface area contributed by atoms with E-state index in [4.69, 9.17) is 9.47 Å². The number of carbonyl (C=O) groups is 2. The fraction of sp³-hybridized carbons (Fsp3) is 0.385. The van der Waals surface area contributed by atoms with Gasteiger partial charge in [0.05, 0.1) is 20.6 Å². The minimum absolute atomic E-state index is 0.143. The molecule has 1 rings (SSSR count). The summed E-state index contributed by atoms with van der Waals surface area (Å²) in [5, 5.41) is 0. The summed E-state index contributed by atoms with van der Waals surface area (Å²) in [5.74, 6) is 0.409. The summed E-state index contributed by atoms with van der Waals surface area (Å²) in [4.78, 5) is 22.9. The van der Waals surface area contributed by atoms with Crippen LogP contribution in [0.3, 0.4) is 0 Å². The van der Waals surface area contributed by atoms with E-state index in [0.717, 1.165) is 5.56 Å². The largest absolute Gasteiger partial charge is 0.496 e. The molecule has 4 heteroatoms. The molecular weight excluding hydrogens is 220 g/mol. The number of ketones is 2. The summed E-state index contributed by atoms with van der Waals surface area (Å²) in [6, 6.07) is 3.49. The van der Waals surface area contributed by atoms with E-state index in [-0.39, 0.29) is 18.0 Å². The van der Waals surface area contributed by atoms with E-state index in [1.165, 1.54) is 21.1 Å². The molecule has 1 aromatic rings. The van der Waals surface area contributed by atoms with Gasteiger partial charge in [-0.1, -0.05) is 0 Å². The molecule has 0 amide bonds. The first-order valence-electron chi connectivity index (χ1n) is 5.24. The van der Waals surface area contributed by atoms with Gasteiger partial charge in [0.2, 0.25) is 0 Å². The lowest BCUT2D eigenvalue weighted by Crippen LogP contribution is -2.09. The highest BCUT2D eigenvalue weighted by Gasteiger charge is 2.20. The Kier molecular flexibility index (Phi) is 4.26. The van der Waals surface area contributed by atoms with Gasteiger partial charge in [-0.3, -0.25) is 9.59 Å². The van der Waals surface area contributed by atoms with Crippen LogP contribution < -0.4 is 9.47 Å². The van der Waals surface area contributed by atoms with Gasteiger partial charge in [0.1, 0.15) is 22.8 Å². The average Bonchev–Trinajstić information content (AvgIpc) is 2.26. The highest BCUT2D eigenvalue weighted by molar-refractivity contribution is 6.10. The van der Waals surface area contributed by atoms with Crippen molar-refractivity contribution >= 4 is 11.6 Å². The van der Waals surface area contributed by atoms with Crippen molar-refractivity contribution in [1.29, 1.82) is 0 Å². The Morgan fingerprint density at radius 1 is 1.12 bits per heavy atom. The fourth-order valence-corrected chi connectivity index (χ4v) is 1.63. The van der Waals surface area contributed by atoms with E-state index in [2.05, 4.69) is 0 Å². The van der Waals surface area contributed by atoms with Crippen LogP contribution in [0, 0.1) is 6.92 Å². The van der Waals surface area contributed by atoms with Gasteiger partial charge in [0.25, 0.3) is 0 Å². The van der Waals surface area contributed by atoms with Gasteiger partial charge in [-0.15, -0.1) is 0 Å². The highest BCUT2D eigenvalue weighted by atomic mass is 16.5. The molecule has 17 heavy (non-hydrogen) atoms. The van der Waals surface area contributed by atoms with Crippen molar-refractivity contribution in [1.82, 2.24) is 0 Å². The van der Waals surface area contributed by atoms with E-state index in [9.17, 15) is 9.59 Å². The van der Waals surface area contributed by atoms with Gasteiger partial charge in [0, 0.05) is 0 Å². The smallest absolute Gasteiger partial charge is 0.177 e. The van der Waals surface area contributed by atoms with Crippen LogP contribution in [-0.2, 0) is 4.79 Å². The average molecular weight is 236 g/mol. The lowest BCUT2D eigenvalue weighted by Gasteiger charge is -2.12. The van der Waals surface area contributed by atoms with E-state index in [1.807, 2.05) is 6.92 Å². The van der Waals surface area contributed by atoms with Gasteiger partial charge in [-0.2, -0.15) is 0 Å². The maximum absolute atomic E-state index is 11.9. The van der Waals surface area contributed by atoms with Gasteiger partial charge >= 0.3 is 0 Å². The Labute approximate surface area is 101 Å². The Morgan fingerprint density at radius 3 is 1.94 bits per heavy atom. The lowest BCUT2D eigenvalue weighted by molar-refractivity contribution is -0.116. The van der Waals surface area contributed by atoms with Gasteiger partial charge in [-0.25, -0.2) is 0 Å².